The smallest absolute Gasteiger partial charge is 0.243 e. The van der Waals surface area contributed by atoms with Gasteiger partial charge in [0.2, 0.25) is 15.9 Å². The number of piperazine rings is 1. The molecule has 2 aromatic carbocycles. The predicted molar refractivity (Wildman–Crippen MR) is 113 cm³/mol. The molecule has 0 unspecified atom stereocenters. The Morgan fingerprint density at radius 3 is 2.45 bits per heavy atom. The molecule has 1 saturated heterocycles. The Kier molecular flexibility index (Phi) is 6.56. The Morgan fingerprint density at radius 1 is 1.10 bits per heavy atom. The topological polar surface area (TPSA) is 79.0 Å². The van der Waals surface area contributed by atoms with Gasteiger partial charge in [0.1, 0.15) is 5.75 Å². The summed E-state index contributed by atoms with van der Waals surface area (Å²) in [5, 5.41) is 2.64. The van der Waals surface area contributed by atoms with E-state index in [1.54, 1.807) is 6.07 Å². The molecule has 1 aliphatic heterocycles. The summed E-state index contributed by atoms with van der Waals surface area (Å²) in [6, 6.07) is 12.9. The van der Waals surface area contributed by atoms with Crippen molar-refractivity contribution < 1.29 is 17.9 Å². The molecule has 7 nitrogen and oxygen atoms in total. The lowest BCUT2D eigenvalue weighted by Gasteiger charge is -2.34. The number of nitrogens with zero attached hydrogens (tertiary/aromatic N) is 2. The number of nitrogens with one attached hydrogen (secondary N) is 1. The summed E-state index contributed by atoms with van der Waals surface area (Å²) in [4.78, 5) is 13.7. The molecule has 3 rings (SSSR count). The molecule has 8 heteroatoms. The number of methoxy groups -OCH3 is 1. The van der Waals surface area contributed by atoms with Gasteiger partial charge in [-0.3, -0.25) is 9.69 Å². The molecule has 0 spiro atoms. The van der Waals surface area contributed by atoms with E-state index in [0.717, 1.165) is 6.54 Å². The van der Waals surface area contributed by atoms with Crippen LogP contribution in [-0.4, -0.2) is 56.8 Å². The number of ether oxygens (including phenoxy) is 1. The SMILES string of the molecule is COc1cc(S(=O)(=O)N2CCN(Cc3cccc(C)c3)CC2)ccc1NC(C)=O. The minimum Gasteiger partial charge on any atom is -0.495 e. The average Bonchev–Trinajstić information content (AvgIpc) is 2.68. The lowest BCUT2D eigenvalue weighted by atomic mass is 10.1. The van der Waals surface area contributed by atoms with Gasteiger partial charge in [-0.2, -0.15) is 4.31 Å². The monoisotopic (exact) mass is 417 g/mol. The molecule has 0 aliphatic carbocycles. The fourth-order valence-electron chi connectivity index (χ4n) is 3.47. The first-order chi connectivity index (χ1) is 13.8. The summed E-state index contributed by atoms with van der Waals surface area (Å²) < 4.78 is 32.9. The van der Waals surface area contributed by atoms with Gasteiger partial charge < -0.3 is 10.1 Å². The third-order valence-electron chi connectivity index (χ3n) is 4.94. The maximum Gasteiger partial charge on any atom is 0.243 e. The minimum absolute atomic E-state index is 0.163. The highest BCUT2D eigenvalue weighted by Gasteiger charge is 2.29. The van der Waals surface area contributed by atoms with E-state index in [0.29, 0.717) is 37.6 Å². The van der Waals surface area contributed by atoms with Crippen molar-refractivity contribution >= 4 is 21.6 Å². The highest BCUT2D eigenvalue weighted by molar-refractivity contribution is 7.89. The van der Waals surface area contributed by atoms with Crippen molar-refractivity contribution in [3.8, 4) is 5.75 Å². The number of anilines is 1. The van der Waals surface area contributed by atoms with E-state index in [4.69, 9.17) is 4.74 Å². The van der Waals surface area contributed by atoms with Gasteiger partial charge in [-0.25, -0.2) is 8.42 Å². The van der Waals surface area contributed by atoms with Crippen LogP contribution in [0.15, 0.2) is 47.4 Å². The first-order valence-electron chi connectivity index (χ1n) is 9.53. The van der Waals surface area contributed by atoms with Crippen LogP contribution in [0.25, 0.3) is 0 Å². The lowest BCUT2D eigenvalue weighted by molar-refractivity contribution is -0.114. The van der Waals surface area contributed by atoms with Crippen LogP contribution in [0.5, 0.6) is 5.75 Å². The average molecular weight is 418 g/mol. The summed E-state index contributed by atoms with van der Waals surface area (Å²) in [5.41, 5.74) is 2.90. The summed E-state index contributed by atoms with van der Waals surface area (Å²) in [6.07, 6.45) is 0. The summed E-state index contributed by atoms with van der Waals surface area (Å²) >= 11 is 0. The van der Waals surface area contributed by atoms with Crippen molar-refractivity contribution in [1.29, 1.82) is 0 Å². The molecule has 1 aliphatic rings. The first-order valence-corrected chi connectivity index (χ1v) is 11.0. The van der Waals surface area contributed by atoms with Crippen molar-refractivity contribution in [3.63, 3.8) is 0 Å². The van der Waals surface area contributed by atoms with Crippen LogP contribution in [-0.2, 0) is 21.4 Å². The van der Waals surface area contributed by atoms with Crippen LogP contribution < -0.4 is 10.1 Å². The van der Waals surface area contributed by atoms with Crippen molar-refractivity contribution in [2.24, 2.45) is 0 Å². The quantitative estimate of drug-likeness (QED) is 0.781. The second-order valence-corrected chi connectivity index (χ2v) is 9.15. The fraction of sp³-hybridized carbons (Fsp3) is 0.381. The van der Waals surface area contributed by atoms with Crippen molar-refractivity contribution in [1.82, 2.24) is 9.21 Å². The maximum atomic E-state index is 13.1. The predicted octanol–water partition coefficient (Wildman–Crippen LogP) is 2.47. The minimum atomic E-state index is -3.63. The van der Waals surface area contributed by atoms with E-state index in [-0.39, 0.29) is 10.8 Å². The molecule has 1 heterocycles. The molecule has 156 valence electrons. The number of rotatable bonds is 6. The van der Waals surface area contributed by atoms with E-state index in [1.165, 1.54) is 41.6 Å². The molecule has 1 amide bonds. The number of hydrogen-bond acceptors (Lipinski definition) is 5. The number of sulfonamides is 1. The van der Waals surface area contributed by atoms with Crippen LogP contribution in [0, 0.1) is 6.92 Å². The van der Waals surface area contributed by atoms with Crippen LogP contribution >= 0.6 is 0 Å². The Balaban J connectivity index is 1.68. The highest BCUT2D eigenvalue weighted by atomic mass is 32.2. The first kappa shape index (κ1) is 21.3. The molecule has 0 radical (unpaired) electrons. The van der Waals surface area contributed by atoms with Crippen molar-refractivity contribution in [2.75, 3.05) is 38.6 Å². The fourth-order valence-corrected chi connectivity index (χ4v) is 4.91. The standard InChI is InChI=1S/C21H27N3O4S/c1-16-5-4-6-18(13-16)15-23-9-11-24(12-10-23)29(26,27)19-7-8-20(22-17(2)25)21(14-19)28-3/h4-8,13-14H,9-12,15H2,1-3H3,(H,22,25). The van der Waals surface area contributed by atoms with E-state index < -0.39 is 10.0 Å². The Labute approximate surface area is 172 Å². The highest BCUT2D eigenvalue weighted by Crippen LogP contribution is 2.29. The van der Waals surface area contributed by atoms with Crippen LogP contribution in [0.4, 0.5) is 5.69 Å². The zero-order chi connectivity index (χ0) is 21.0. The van der Waals surface area contributed by atoms with Gasteiger partial charge in [0.25, 0.3) is 0 Å². The van der Waals surface area contributed by atoms with Gasteiger partial charge in [0, 0.05) is 45.7 Å². The number of carbonyl (C=O) groups excluding carboxylic acids is 1. The molecular weight excluding hydrogens is 390 g/mol. The number of amides is 1. The Morgan fingerprint density at radius 2 is 1.83 bits per heavy atom. The molecule has 0 aromatic heterocycles. The molecule has 0 bridgehead atoms. The zero-order valence-corrected chi connectivity index (χ0v) is 17.8. The normalized spacial score (nSPS) is 15.8. The number of carbonyl (C=O) groups is 1. The molecule has 29 heavy (non-hydrogen) atoms. The van der Waals surface area contributed by atoms with Gasteiger partial charge in [-0.15, -0.1) is 0 Å². The number of aryl methyl sites for hydroxylation is 1. The van der Waals surface area contributed by atoms with Gasteiger partial charge in [-0.1, -0.05) is 29.8 Å². The van der Waals surface area contributed by atoms with E-state index in [2.05, 4.69) is 35.3 Å². The van der Waals surface area contributed by atoms with Gasteiger partial charge in [0.15, 0.2) is 0 Å². The second-order valence-electron chi connectivity index (χ2n) is 7.21. The molecule has 1 N–H and O–H groups in total. The van der Waals surface area contributed by atoms with Crippen LogP contribution in [0.1, 0.15) is 18.1 Å². The summed E-state index contributed by atoms with van der Waals surface area (Å²) in [7, 11) is -2.18. The van der Waals surface area contributed by atoms with Gasteiger partial charge >= 0.3 is 0 Å². The molecule has 1 fully saturated rings. The van der Waals surface area contributed by atoms with Gasteiger partial charge in [0.05, 0.1) is 17.7 Å². The van der Waals surface area contributed by atoms with E-state index >= 15 is 0 Å². The van der Waals surface area contributed by atoms with E-state index in [9.17, 15) is 13.2 Å². The maximum absolute atomic E-state index is 13.1. The summed E-state index contributed by atoms with van der Waals surface area (Å²) in [6.45, 7) is 6.49. The van der Waals surface area contributed by atoms with Crippen molar-refractivity contribution in [2.45, 2.75) is 25.3 Å². The Hall–Kier alpha value is -2.42. The zero-order valence-electron chi connectivity index (χ0n) is 17.0. The third kappa shape index (κ3) is 5.14. The largest absolute Gasteiger partial charge is 0.495 e. The molecular formula is C21H27N3O4S. The molecule has 2 aromatic rings. The second kappa shape index (κ2) is 8.94. The van der Waals surface area contributed by atoms with E-state index in [1.807, 2.05) is 6.07 Å². The lowest BCUT2D eigenvalue weighted by Crippen LogP contribution is -2.48. The molecule has 0 atom stereocenters. The molecule has 0 saturated carbocycles. The number of benzene rings is 2. The van der Waals surface area contributed by atoms with Crippen molar-refractivity contribution in [3.05, 3.63) is 53.6 Å². The summed E-state index contributed by atoms with van der Waals surface area (Å²) in [5.74, 6) is 0.0722. The number of hydrogen-bond donors (Lipinski definition) is 1. The van der Waals surface area contributed by atoms with Crippen LogP contribution in [0.2, 0.25) is 0 Å². The Bertz CT molecular complexity index is 983. The van der Waals surface area contributed by atoms with Gasteiger partial charge in [-0.05, 0) is 24.6 Å². The third-order valence-corrected chi connectivity index (χ3v) is 6.84. The van der Waals surface area contributed by atoms with Crippen LogP contribution in [0.3, 0.4) is 0 Å².